The summed E-state index contributed by atoms with van der Waals surface area (Å²) in [6, 6.07) is 9.54. The van der Waals surface area contributed by atoms with Gasteiger partial charge in [0.25, 0.3) is 0 Å². The van der Waals surface area contributed by atoms with E-state index in [2.05, 4.69) is 50.4 Å². The van der Waals surface area contributed by atoms with Crippen LogP contribution in [0.15, 0.2) is 24.3 Å². The maximum absolute atomic E-state index is 3.62. The van der Waals surface area contributed by atoms with Crippen LogP contribution in [0.4, 0.5) is 0 Å². The summed E-state index contributed by atoms with van der Waals surface area (Å²) in [5, 5.41) is 3.62. The van der Waals surface area contributed by atoms with Crippen LogP contribution < -0.4 is 5.32 Å². The molecule has 1 heteroatoms. The molecular formula is C16H25N. The molecule has 94 valence electrons. The molecule has 0 spiro atoms. The monoisotopic (exact) mass is 231 g/mol. The van der Waals surface area contributed by atoms with Gasteiger partial charge in [-0.3, -0.25) is 0 Å². The van der Waals surface area contributed by atoms with Gasteiger partial charge in [0.2, 0.25) is 0 Å². The van der Waals surface area contributed by atoms with Crippen LogP contribution in [0, 0.1) is 5.92 Å². The van der Waals surface area contributed by atoms with Gasteiger partial charge >= 0.3 is 0 Å². The van der Waals surface area contributed by atoms with E-state index in [1.807, 2.05) is 0 Å². The minimum atomic E-state index is 0.481. The van der Waals surface area contributed by atoms with Crippen molar-refractivity contribution in [3.05, 3.63) is 35.4 Å². The van der Waals surface area contributed by atoms with E-state index in [0.717, 1.165) is 12.5 Å². The van der Waals surface area contributed by atoms with Crippen molar-refractivity contribution in [2.75, 3.05) is 6.54 Å². The van der Waals surface area contributed by atoms with Crippen LogP contribution in [0.25, 0.3) is 0 Å². The predicted molar refractivity (Wildman–Crippen MR) is 74.3 cm³/mol. The van der Waals surface area contributed by atoms with Gasteiger partial charge in [-0.2, -0.15) is 0 Å². The molecule has 0 aromatic heterocycles. The van der Waals surface area contributed by atoms with E-state index in [9.17, 15) is 0 Å². The first-order valence-corrected chi connectivity index (χ1v) is 7.00. The number of nitrogens with one attached hydrogen (secondary N) is 1. The Labute approximate surface area is 106 Å². The Morgan fingerprint density at radius 2 is 1.65 bits per heavy atom. The molecule has 0 heterocycles. The van der Waals surface area contributed by atoms with Crippen molar-refractivity contribution in [3.8, 4) is 0 Å². The highest BCUT2D eigenvalue weighted by atomic mass is 14.9. The summed E-state index contributed by atoms with van der Waals surface area (Å²) in [6.45, 7) is 7.91. The predicted octanol–water partition coefficient (Wildman–Crippen LogP) is 4.26. The minimum absolute atomic E-state index is 0.481. The molecule has 1 aromatic rings. The average molecular weight is 231 g/mol. The van der Waals surface area contributed by atoms with Gasteiger partial charge in [-0.25, -0.2) is 0 Å². The molecule has 1 atom stereocenters. The number of rotatable bonds is 6. The molecule has 0 bridgehead atoms. The molecule has 0 amide bonds. The van der Waals surface area contributed by atoms with Gasteiger partial charge in [0.05, 0.1) is 0 Å². The topological polar surface area (TPSA) is 12.0 Å². The van der Waals surface area contributed by atoms with Crippen molar-refractivity contribution in [1.29, 1.82) is 0 Å². The van der Waals surface area contributed by atoms with Crippen molar-refractivity contribution in [1.82, 2.24) is 5.32 Å². The van der Waals surface area contributed by atoms with E-state index in [1.54, 1.807) is 0 Å². The standard InChI is InChI=1S/C16H25N/c1-12(2)15-6-8-16(9-7-15)13(3)17-11-10-14-4-5-14/h6-9,12-14,17H,4-5,10-11H2,1-3H3. The second-order valence-electron chi connectivity index (χ2n) is 5.73. The third kappa shape index (κ3) is 3.85. The second-order valence-corrected chi connectivity index (χ2v) is 5.73. The third-order valence-corrected chi connectivity index (χ3v) is 3.80. The Kier molecular flexibility index (Phi) is 4.22. The fourth-order valence-corrected chi connectivity index (χ4v) is 2.20. The summed E-state index contributed by atoms with van der Waals surface area (Å²) >= 11 is 0. The van der Waals surface area contributed by atoms with Crippen molar-refractivity contribution < 1.29 is 0 Å². The minimum Gasteiger partial charge on any atom is -0.310 e. The van der Waals surface area contributed by atoms with E-state index in [0.29, 0.717) is 12.0 Å². The van der Waals surface area contributed by atoms with E-state index < -0.39 is 0 Å². The molecule has 1 saturated carbocycles. The van der Waals surface area contributed by atoms with Gasteiger partial charge in [0.1, 0.15) is 0 Å². The smallest absolute Gasteiger partial charge is 0.0291 e. The van der Waals surface area contributed by atoms with Gasteiger partial charge in [0, 0.05) is 6.04 Å². The number of hydrogen-bond acceptors (Lipinski definition) is 1. The number of benzene rings is 1. The summed E-state index contributed by atoms with van der Waals surface area (Å²) in [5.41, 5.74) is 2.84. The first-order chi connectivity index (χ1) is 8.16. The fraction of sp³-hybridized carbons (Fsp3) is 0.625. The lowest BCUT2D eigenvalue weighted by Crippen LogP contribution is -2.20. The van der Waals surface area contributed by atoms with Crippen molar-refractivity contribution in [3.63, 3.8) is 0 Å². The van der Waals surface area contributed by atoms with E-state index >= 15 is 0 Å². The summed E-state index contributed by atoms with van der Waals surface area (Å²) in [5.74, 6) is 1.65. The van der Waals surface area contributed by atoms with Crippen molar-refractivity contribution in [2.24, 2.45) is 5.92 Å². The van der Waals surface area contributed by atoms with Gasteiger partial charge in [-0.05, 0) is 42.9 Å². The maximum Gasteiger partial charge on any atom is 0.0291 e. The zero-order valence-electron chi connectivity index (χ0n) is 11.4. The Morgan fingerprint density at radius 1 is 1.06 bits per heavy atom. The van der Waals surface area contributed by atoms with Crippen molar-refractivity contribution >= 4 is 0 Å². The molecule has 17 heavy (non-hydrogen) atoms. The first-order valence-electron chi connectivity index (χ1n) is 7.00. The van der Waals surface area contributed by atoms with Gasteiger partial charge < -0.3 is 5.32 Å². The highest BCUT2D eigenvalue weighted by Crippen LogP contribution is 2.32. The highest BCUT2D eigenvalue weighted by Gasteiger charge is 2.20. The third-order valence-electron chi connectivity index (χ3n) is 3.80. The molecule has 1 aliphatic rings. The Morgan fingerprint density at radius 3 is 2.18 bits per heavy atom. The summed E-state index contributed by atoms with van der Waals surface area (Å²) < 4.78 is 0. The molecule has 1 fully saturated rings. The molecule has 1 aliphatic carbocycles. The first kappa shape index (κ1) is 12.6. The molecule has 1 N–H and O–H groups in total. The zero-order chi connectivity index (χ0) is 12.3. The van der Waals surface area contributed by atoms with Crippen LogP contribution in [-0.4, -0.2) is 6.54 Å². The quantitative estimate of drug-likeness (QED) is 0.771. The maximum atomic E-state index is 3.62. The highest BCUT2D eigenvalue weighted by molar-refractivity contribution is 5.26. The molecule has 0 radical (unpaired) electrons. The van der Waals surface area contributed by atoms with Crippen molar-refractivity contribution in [2.45, 2.75) is 52.0 Å². The second kappa shape index (κ2) is 5.68. The van der Waals surface area contributed by atoms with E-state index in [-0.39, 0.29) is 0 Å². The lowest BCUT2D eigenvalue weighted by molar-refractivity contribution is 0.539. The molecule has 1 aromatic carbocycles. The normalized spacial score (nSPS) is 17.4. The van der Waals surface area contributed by atoms with Crippen LogP contribution in [0.1, 0.15) is 63.1 Å². The zero-order valence-corrected chi connectivity index (χ0v) is 11.4. The van der Waals surface area contributed by atoms with E-state index in [4.69, 9.17) is 0 Å². The average Bonchev–Trinajstić information content (AvgIpc) is 3.13. The van der Waals surface area contributed by atoms with Crippen LogP contribution >= 0.6 is 0 Å². The molecule has 1 unspecified atom stereocenters. The fourth-order valence-electron chi connectivity index (χ4n) is 2.20. The van der Waals surface area contributed by atoms with Gasteiger partial charge in [-0.1, -0.05) is 51.0 Å². The Hall–Kier alpha value is -0.820. The molecule has 2 rings (SSSR count). The lowest BCUT2D eigenvalue weighted by atomic mass is 9.99. The molecule has 1 nitrogen and oxygen atoms in total. The van der Waals surface area contributed by atoms with E-state index in [1.165, 1.54) is 30.4 Å². The lowest BCUT2D eigenvalue weighted by Gasteiger charge is -2.15. The van der Waals surface area contributed by atoms with Crippen LogP contribution in [0.3, 0.4) is 0 Å². The summed E-state index contributed by atoms with van der Waals surface area (Å²) in [7, 11) is 0. The van der Waals surface area contributed by atoms with Gasteiger partial charge in [-0.15, -0.1) is 0 Å². The number of hydrogen-bond donors (Lipinski definition) is 1. The summed E-state index contributed by atoms with van der Waals surface area (Å²) in [6.07, 6.45) is 4.27. The van der Waals surface area contributed by atoms with Crippen LogP contribution in [0.5, 0.6) is 0 Å². The summed E-state index contributed by atoms with van der Waals surface area (Å²) in [4.78, 5) is 0. The van der Waals surface area contributed by atoms with Crippen LogP contribution in [0.2, 0.25) is 0 Å². The SMILES string of the molecule is CC(C)c1ccc(C(C)NCCC2CC2)cc1. The Bertz CT molecular complexity index is 335. The Balaban J connectivity index is 1.82. The molecular weight excluding hydrogens is 206 g/mol. The van der Waals surface area contributed by atoms with Gasteiger partial charge in [0.15, 0.2) is 0 Å². The van der Waals surface area contributed by atoms with Crippen LogP contribution in [-0.2, 0) is 0 Å². The molecule has 0 saturated heterocycles. The largest absolute Gasteiger partial charge is 0.310 e. The molecule has 0 aliphatic heterocycles.